The van der Waals surface area contributed by atoms with Crippen LogP contribution in [0.5, 0.6) is 0 Å². The molecule has 0 bridgehead atoms. The number of nitrogens with zero attached hydrogens (tertiary/aromatic N) is 2. The molecule has 7 heteroatoms. The molecule has 21 heavy (non-hydrogen) atoms. The first kappa shape index (κ1) is 15.0. The summed E-state index contributed by atoms with van der Waals surface area (Å²) in [4.78, 5) is 11.0. The van der Waals surface area contributed by atoms with Gasteiger partial charge in [0.1, 0.15) is 12.3 Å². The van der Waals surface area contributed by atoms with Crippen molar-refractivity contribution in [2.45, 2.75) is 0 Å². The molecule has 0 atom stereocenters. The Bertz CT molecular complexity index is 788. The van der Waals surface area contributed by atoms with Crippen molar-refractivity contribution < 1.29 is 15.0 Å². The van der Waals surface area contributed by atoms with Gasteiger partial charge in [0.05, 0.1) is 15.6 Å². The summed E-state index contributed by atoms with van der Waals surface area (Å²) >= 11 is 12.1. The van der Waals surface area contributed by atoms with E-state index in [0.29, 0.717) is 22.4 Å². The minimum Gasteiger partial charge on any atom is -0.513 e. The van der Waals surface area contributed by atoms with Crippen LogP contribution in [0.3, 0.4) is 0 Å². The average Bonchev–Trinajstić information content (AvgIpc) is 2.86. The maximum absolute atomic E-state index is 11.0. The summed E-state index contributed by atoms with van der Waals surface area (Å²) in [5, 5.41) is 27.7. The molecule has 0 aliphatic carbocycles. The van der Waals surface area contributed by atoms with E-state index in [9.17, 15) is 10.1 Å². The molecular formula is C14H8Cl2N2O3. The Kier molecular flexibility index (Phi) is 4.22. The van der Waals surface area contributed by atoms with Crippen LogP contribution in [-0.4, -0.2) is 20.7 Å². The zero-order chi connectivity index (χ0) is 15.6. The van der Waals surface area contributed by atoms with Crippen molar-refractivity contribution in [2.24, 2.45) is 0 Å². The smallest absolute Gasteiger partial charge is 0.356 e. The Labute approximate surface area is 129 Å². The number of aliphatic hydroxyl groups is 1. The van der Waals surface area contributed by atoms with Crippen LogP contribution in [0.4, 0.5) is 0 Å². The van der Waals surface area contributed by atoms with Gasteiger partial charge in [0.15, 0.2) is 5.70 Å². The zero-order valence-corrected chi connectivity index (χ0v) is 11.9. The van der Waals surface area contributed by atoms with Crippen LogP contribution >= 0.6 is 23.2 Å². The van der Waals surface area contributed by atoms with Crippen LogP contribution in [0, 0.1) is 11.3 Å². The first-order chi connectivity index (χ1) is 9.99. The highest BCUT2D eigenvalue weighted by Gasteiger charge is 2.17. The number of aliphatic hydroxyl groups excluding tert-OH is 1. The molecule has 2 aromatic rings. The van der Waals surface area contributed by atoms with E-state index >= 15 is 0 Å². The van der Waals surface area contributed by atoms with E-state index in [0.717, 1.165) is 4.57 Å². The second kappa shape index (κ2) is 5.92. The molecule has 0 radical (unpaired) electrons. The molecule has 1 aromatic carbocycles. The van der Waals surface area contributed by atoms with Crippen molar-refractivity contribution in [3.05, 3.63) is 52.5 Å². The molecule has 0 aliphatic rings. The van der Waals surface area contributed by atoms with Gasteiger partial charge in [-0.25, -0.2) is 4.79 Å². The van der Waals surface area contributed by atoms with Crippen molar-refractivity contribution in [1.29, 1.82) is 5.26 Å². The number of hydrogen-bond donors (Lipinski definition) is 2. The molecule has 0 amide bonds. The second-order valence-corrected chi connectivity index (χ2v) is 4.81. The molecular weight excluding hydrogens is 315 g/mol. The van der Waals surface area contributed by atoms with Crippen LogP contribution in [0.25, 0.3) is 16.8 Å². The van der Waals surface area contributed by atoms with Crippen molar-refractivity contribution in [2.75, 3.05) is 0 Å². The Balaban J connectivity index is 2.66. The summed E-state index contributed by atoms with van der Waals surface area (Å²) in [6, 6.07) is 6.89. The first-order valence-corrected chi connectivity index (χ1v) is 6.39. The maximum Gasteiger partial charge on any atom is 0.356 e. The molecule has 0 unspecified atom stereocenters. The normalized spacial score (nSPS) is 11.2. The molecule has 1 aromatic heterocycles. The van der Waals surface area contributed by atoms with E-state index in [2.05, 4.69) is 0 Å². The zero-order valence-electron chi connectivity index (χ0n) is 10.4. The highest BCUT2D eigenvalue weighted by Crippen LogP contribution is 2.35. The van der Waals surface area contributed by atoms with Gasteiger partial charge < -0.3 is 14.8 Å². The summed E-state index contributed by atoms with van der Waals surface area (Å²) in [6.07, 6.45) is 3.14. The monoisotopic (exact) mass is 322 g/mol. The lowest BCUT2D eigenvalue weighted by molar-refractivity contribution is -0.130. The third-order valence-corrected chi connectivity index (χ3v) is 3.63. The number of hydrogen-bond acceptors (Lipinski definition) is 3. The minimum atomic E-state index is -1.33. The predicted octanol–water partition coefficient (Wildman–Crippen LogP) is 3.77. The van der Waals surface area contributed by atoms with E-state index in [1.54, 1.807) is 18.2 Å². The molecule has 0 saturated carbocycles. The van der Waals surface area contributed by atoms with E-state index in [-0.39, 0.29) is 10.6 Å². The minimum absolute atomic E-state index is 0.208. The second-order valence-electron chi connectivity index (χ2n) is 4.03. The lowest BCUT2D eigenvalue weighted by Crippen LogP contribution is -2.05. The molecule has 5 nitrogen and oxygen atoms in total. The van der Waals surface area contributed by atoms with Crippen molar-refractivity contribution in [1.82, 2.24) is 4.57 Å². The predicted molar refractivity (Wildman–Crippen MR) is 79.1 cm³/mol. The standard InChI is InChI=1S/C14H8Cl2N2O3/c15-11-3-1-2-9(13(11)16)10-6-18(5-8(10)4-17)12(7-19)14(20)21/h1-3,5-7,19H,(H,20,21)/b12-7+. The van der Waals surface area contributed by atoms with Crippen molar-refractivity contribution in [3.63, 3.8) is 0 Å². The van der Waals surface area contributed by atoms with Crippen LogP contribution in [0.2, 0.25) is 10.0 Å². The lowest BCUT2D eigenvalue weighted by atomic mass is 10.1. The lowest BCUT2D eigenvalue weighted by Gasteiger charge is -2.04. The van der Waals surface area contributed by atoms with Gasteiger partial charge in [0, 0.05) is 23.5 Å². The fourth-order valence-electron chi connectivity index (χ4n) is 1.84. The highest BCUT2D eigenvalue weighted by molar-refractivity contribution is 6.43. The van der Waals surface area contributed by atoms with Crippen molar-refractivity contribution >= 4 is 34.9 Å². The van der Waals surface area contributed by atoms with Gasteiger partial charge in [0.2, 0.25) is 0 Å². The average molecular weight is 323 g/mol. The topological polar surface area (TPSA) is 86.3 Å². The van der Waals surface area contributed by atoms with Gasteiger partial charge in [-0.2, -0.15) is 5.26 Å². The Hall–Kier alpha value is -2.42. The summed E-state index contributed by atoms with van der Waals surface area (Å²) in [5.74, 6) is -1.33. The first-order valence-electron chi connectivity index (χ1n) is 5.64. The molecule has 0 fully saturated rings. The van der Waals surface area contributed by atoms with Crippen LogP contribution in [-0.2, 0) is 4.79 Å². The van der Waals surface area contributed by atoms with Gasteiger partial charge >= 0.3 is 5.97 Å². The number of carbonyl (C=O) groups is 1. The molecule has 2 rings (SSSR count). The quantitative estimate of drug-likeness (QED) is 0.665. The van der Waals surface area contributed by atoms with E-state index in [1.165, 1.54) is 12.4 Å². The number of nitriles is 1. The fraction of sp³-hybridized carbons (Fsp3) is 0. The van der Waals surface area contributed by atoms with Gasteiger partial charge in [0.25, 0.3) is 0 Å². The van der Waals surface area contributed by atoms with Gasteiger partial charge in [-0.3, -0.25) is 0 Å². The summed E-state index contributed by atoms with van der Waals surface area (Å²) in [5.41, 5.74) is 0.739. The number of aromatic nitrogens is 1. The maximum atomic E-state index is 11.0. The molecule has 0 spiro atoms. The summed E-state index contributed by atoms with van der Waals surface area (Å²) in [6.45, 7) is 0. The Morgan fingerprint density at radius 1 is 1.29 bits per heavy atom. The Morgan fingerprint density at radius 3 is 2.57 bits per heavy atom. The van der Waals surface area contributed by atoms with Crippen LogP contribution < -0.4 is 0 Å². The molecule has 106 valence electrons. The van der Waals surface area contributed by atoms with Gasteiger partial charge in [-0.15, -0.1) is 0 Å². The molecule has 0 saturated heterocycles. The number of carboxylic acid groups (broad SMARTS) is 1. The number of benzene rings is 1. The van der Waals surface area contributed by atoms with E-state index < -0.39 is 11.7 Å². The summed E-state index contributed by atoms with van der Waals surface area (Å²) < 4.78 is 1.13. The number of halogens is 2. The highest BCUT2D eigenvalue weighted by atomic mass is 35.5. The third-order valence-electron chi connectivity index (χ3n) is 2.81. The fourth-order valence-corrected chi connectivity index (χ4v) is 2.24. The number of rotatable bonds is 3. The van der Waals surface area contributed by atoms with E-state index in [1.807, 2.05) is 6.07 Å². The number of carboxylic acids is 1. The van der Waals surface area contributed by atoms with E-state index in [4.69, 9.17) is 33.4 Å². The van der Waals surface area contributed by atoms with Crippen molar-refractivity contribution in [3.8, 4) is 17.2 Å². The van der Waals surface area contributed by atoms with Gasteiger partial charge in [-0.05, 0) is 6.07 Å². The molecule has 0 aliphatic heterocycles. The van der Waals surface area contributed by atoms with Crippen LogP contribution in [0.15, 0.2) is 36.9 Å². The SMILES string of the molecule is N#Cc1cn(/C(=C/O)C(=O)O)cc1-c1cccc(Cl)c1Cl. The number of aliphatic carboxylic acids is 1. The Morgan fingerprint density at radius 2 is 2.00 bits per heavy atom. The summed E-state index contributed by atoms with van der Waals surface area (Å²) in [7, 11) is 0. The van der Waals surface area contributed by atoms with Crippen LogP contribution in [0.1, 0.15) is 5.56 Å². The molecule has 2 N–H and O–H groups in total. The van der Waals surface area contributed by atoms with Gasteiger partial charge in [-0.1, -0.05) is 35.3 Å². The molecule has 1 heterocycles. The largest absolute Gasteiger partial charge is 0.513 e. The third kappa shape index (κ3) is 2.72.